The van der Waals surface area contributed by atoms with Crippen LogP contribution in [0.1, 0.15) is 15.2 Å². The molecular formula is C19H16N2O2S2. The number of thiophene rings is 1. The highest BCUT2D eigenvalue weighted by Gasteiger charge is 2.08. The molecule has 126 valence electrons. The predicted molar refractivity (Wildman–Crippen MR) is 105 cm³/mol. The molecule has 2 N–H and O–H groups in total. The summed E-state index contributed by atoms with van der Waals surface area (Å²) >= 11 is 6.56. The minimum Gasteiger partial charge on any atom is -0.489 e. The number of nitrogens with one attached hydrogen (secondary N) is 2. The molecule has 6 heteroatoms. The van der Waals surface area contributed by atoms with Gasteiger partial charge in [0.15, 0.2) is 5.11 Å². The summed E-state index contributed by atoms with van der Waals surface area (Å²) in [5.41, 5.74) is 1.85. The second-order valence-electron chi connectivity index (χ2n) is 5.19. The maximum absolute atomic E-state index is 12.0. The summed E-state index contributed by atoms with van der Waals surface area (Å²) in [6.45, 7) is 0.490. The molecule has 4 nitrogen and oxygen atoms in total. The fourth-order valence-corrected chi connectivity index (χ4v) is 2.97. The van der Waals surface area contributed by atoms with E-state index in [4.69, 9.17) is 17.0 Å². The average Bonchev–Trinajstić information content (AvgIpc) is 3.16. The second-order valence-corrected chi connectivity index (χ2v) is 6.54. The quantitative estimate of drug-likeness (QED) is 0.653. The lowest BCUT2D eigenvalue weighted by Gasteiger charge is -2.11. The van der Waals surface area contributed by atoms with Crippen LogP contribution in [0.4, 0.5) is 5.69 Å². The van der Waals surface area contributed by atoms with E-state index in [-0.39, 0.29) is 11.0 Å². The fraction of sp³-hybridized carbons (Fsp3) is 0.0526. The zero-order chi connectivity index (χ0) is 17.5. The Hall–Kier alpha value is -2.70. The second kappa shape index (κ2) is 8.41. The van der Waals surface area contributed by atoms with Crippen LogP contribution < -0.4 is 15.4 Å². The van der Waals surface area contributed by atoms with Gasteiger partial charge in [0.1, 0.15) is 12.4 Å². The minimum absolute atomic E-state index is 0.219. The van der Waals surface area contributed by atoms with E-state index in [2.05, 4.69) is 10.6 Å². The van der Waals surface area contributed by atoms with Gasteiger partial charge in [-0.3, -0.25) is 10.1 Å². The topological polar surface area (TPSA) is 50.4 Å². The van der Waals surface area contributed by atoms with Gasteiger partial charge < -0.3 is 10.1 Å². The molecule has 0 saturated heterocycles. The Bertz CT molecular complexity index is 849. The largest absolute Gasteiger partial charge is 0.489 e. The lowest BCUT2D eigenvalue weighted by atomic mass is 10.2. The van der Waals surface area contributed by atoms with Gasteiger partial charge in [0, 0.05) is 11.8 Å². The van der Waals surface area contributed by atoms with Gasteiger partial charge in [0.2, 0.25) is 0 Å². The number of hydrogen-bond acceptors (Lipinski definition) is 4. The summed E-state index contributed by atoms with van der Waals surface area (Å²) in [7, 11) is 0. The summed E-state index contributed by atoms with van der Waals surface area (Å²) < 4.78 is 5.79. The zero-order valence-corrected chi connectivity index (χ0v) is 14.9. The van der Waals surface area contributed by atoms with Crippen molar-refractivity contribution in [3.05, 3.63) is 82.6 Å². The minimum atomic E-state index is -0.219. The number of rotatable bonds is 5. The molecule has 0 aliphatic carbocycles. The van der Waals surface area contributed by atoms with Crippen LogP contribution in [0.2, 0.25) is 0 Å². The molecule has 0 saturated carbocycles. The Morgan fingerprint density at radius 2 is 1.88 bits per heavy atom. The first-order chi connectivity index (χ1) is 12.2. The standard InChI is InChI=1S/C19H16N2O2S2/c22-18(17-10-5-11-25-17)21-19(24)20-15-8-4-9-16(12-15)23-13-14-6-2-1-3-7-14/h1-12H,13H2,(H2,20,21,22,24). The highest BCUT2D eigenvalue weighted by Crippen LogP contribution is 2.18. The first-order valence-corrected chi connectivity index (χ1v) is 8.92. The molecule has 0 atom stereocenters. The van der Waals surface area contributed by atoms with Gasteiger partial charge in [0.05, 0.1) is 4.88 Å². The summed E-state index contributed by atoms with van der Waals surface area (Å²) in [6.07, 6.45) is 0. The summed E-state index contributed by atoms with van der Waals surface area (Å²) in [4.78, 5) is 12.6. The monoisotopic (exact) mass is 368 g/mol. The van der Waals surface area contributed by atoms with Gasteiger partial charge in [-0.05, 0) is 41.4 Å². The number of carbonyl (C=O) groups excluding carboxylic acids is 1. The van der Waals surface area contributed by atoms with Crippen LogP contribution in [0.5, 0.6) is 5.75 Å². The van der Waals surface area contributed by atoms with Crippen LogP contribution in [0.25, 0.3) is 0 Å². The molecule has 0 radical (unpaired) electrons. The zero-order valence-electron chi connectivity index (χ0n) is 13.3. The normalized spacial score (nSPS) is 10.1. The van der Waals surface area contributed by atoms with Crippen LogP contribution in [0.3, 0.4) is 0 Å². The molecule has 3 rings (SSSR count). The highest BCUT2D eigenvalue weighted by atomic mass is 32.1. The summed E-state index contributed by atoms with van der Waals surface area (Å²) in [6, 6.07) is 21.0. The maximum Gasteiger partial charge on any atom is 0.267 e. The third-order valence-electron chi connectivity index (χ3n) is 3.31. The van der Waals surface area contributed by atoms with E-state index in [0.717, 1.165) is 17.0 Å². The van der Waals surface area contributed by atoms with Crippen molar-refractivity contribution in [3.8, 4) is 5.75 Å². The van der Waals surface area contributed by atoms with Crippen LogP contribution in [-0.2, 0) is 6.61 Å². The van der Waals surface area contributed by atoms with Crippen molar-refractivity contribution in [2.75, 3.05) is 5.32 Å². The van der Waals surface area contributed by atoms with E-state index >= 15 is 0 Å². The Kier molecular flexibility index (Phi) is 5.77. The van der Waals surface area contributed by atoms with E-state index < -0.39 is 0 Å². The van der Waals surface area contributed by atoms with Crippen molar-refractivity contribution < 1.29 is 9.53 Å². The van der Waals surface area contributed by atoms with Gasteiger partial charge in [-0.2, -0.15) is 0 Å². The SMILES string of the molecule is O=C(NC(=S)Nc1cccc(OCc2ccccc2)c1)c1cccs1. The molecule has 0 aliphatic heterocycles. The van der Waals surface area contributed by atoms with Crippen molar-refractivity contribution in [2.24, 2.45) is 0 Å². The molecule has 0 aliphatic rings. The van der Waals surface area contributed by atoms with Crippen molar-refractivity contribution in [3.63, 3.8) is 0 Å². The number of amides is 1. The molecule has 3 aromatic rings. The summed E-state index contributed by atoms with van der Waals surface area (Å²) in [5.74, 6) is 0.505. The van der Waals surface area contributed by atoms with Crippen LogP contribution in [0.15, 0.2) is 72.1 Å². The molecular weight excluding hydrogens is 352 g/mol. The third kappa shape index (κ3) is 5.14. The number of benzene rings is 2. The van der Waals surface area contributed by atoms with Gasteiger partial charge in [-0.1, -0.05) is 42.5 Å². The van der Waals surface area contributed by atoms with Gasteiger partial charge >= 0.3 is 0 Å². The third-order valence-corrected chi connectivity index (χ3v) is 4.39. The Labute approximate surface area is 155 Å². The van der Waals surface area contributed by atoms with Crippen molar-refractivity contribution >= 4 is 40.3 Å². The molecule has 25 heavy (non-hydrogen) atoms. The number of hydrogen-bond donors (Lipinski definition) is 2. The molecule has 1 amide bonds. The highest BCUT2D eigenvalue weighted by molar-refractivity contribution is 7.80. The molecule has 0 spiro atoms. The van der Waals surface area contributed by atoms with E-state index in [9.17, 15) is 4.79 Å². The molecule has 1 heterocycles. The molecule has 2 aromatic carbocycles. The Morgan fingerprint density at radius 3 is 2.64 bits per heavy atom. The first kappa shape index (κ1) is 17.1. The molecule has 0 fully saturated rings. The number of thiocarbonyl (C=S) groups is 1. The van der Waals surface area contributed by atoms with Crippen molar-refractivity contribution in [1.29, 1.82) is 0 Å². The molecule has 0 unspecified atom stereocenters. The predicted octanol–water partition coefficient (Wildman–Crippen LogP) is 4.45. The smallest absolute Gasteiger partial charge is 0.267 e. The lowest BCUT2D eigenvalue weighted by Crippen LogP contribution is -2.33. The Morgan fingerprint density at radius 1 is 1.04 bits per heavy atom. The van der Waals surface area contributed by atoms with E-state index in [1.54, 1.807) is 6.07 Å². The van der Waals surface area contributed by atoms with Crippen LogP contribution in [0, 0.1) is 0 Å². The van der Waals surface area contributed by atoms with Gasteiger partial charge in [0.25, 0.3) is 5.91 Å². The fourth-order valence-electron chi connectivity index (χ4n) is 2.14. The van der Waals surface area contributed by atoms with Crippen molar-refractivity contribution in [1.82, 2.24) is 5.32 Å². The number of ether oxygens (including phenoxy) is 1. The number of anilines is 1. The van der Waals surface area contributed by atoms with Crippen molar-refractivity contribution in [2.45, 2.75) is 6.61 Å². The molecule has 1 aromatic heterocycles. The Balaban J connectivity index is 1.56. The average molecular weight is 368 g/mol. The molecule has 0 bridgehead atoms. The van der Waals surface area contributed by atoms with E-state index in [1.807, 2.05) is 66.0 Å². The van der Waals surface area contributed by atoms with Crippen LogP contribution in [-0.4, -0.2) is 11.0 Å². The van der Waals surface area contributed by atoms with Gasteiger partial charge in [-0.25, -0.2) is 0 Å². The maximum atomic E-state index is 12.0. The van der Waals surface area contributed by atoms with E-state index in [1.165, 1.54) is 11.3 Å². The first-order valence-electron chi connectivity index (χ1n) is 7.63. The van der Waals surface area contributed by atoms with Crippen LogP contribution >= 0.6 is 23.6 Å². The van der Waals surface area contributed by atoms with E-state index in [0.29, 0.717) is 11.5 Å². The number of carbonyl (C=O) groups is 1. The van der Waals surface area contributed by atoms with Gasteiger partial charge in [-0.15, -0.1) is 11.3 Å². The lowest BCUT2D eigenvalue weighted by molar-refractivity contribution is 0.0981. The summed E-state index contributed by atoms with van der Waals surface area (Å²) in [5, 5.41) is 7.75.